The van der Waals surface area contributed by atoms with Gasteiger partial charge in [0.2, 0.25) is 5.91 Å². The fourth-order valence-electron chi connectivity index (χ4n) is 2.96. The zero-order valence-corrected chi connectivity index (χ0v) is 13.6. The Morgan fingerprint density at radius 2 is 2.25 bits per heavy atom. The monoisotopic (exact) mass is 329 g/mol. The lowest BCUT2D eigenvalue weighted by atomic mass is 10.0. The molecular formula is C17H23N5O2. The van der Waals surface area contributed by atoms with Gasteiger partial charge in [-0.15, -0.1) is 0 Å². The molecule has 0 saturated carbocycles. The summed E-state index contributed by atoms with van der Waals surface area (Å²) in [6.45, 7) is 2.64. The lowest BCUT2D eigenvalue weighted by Gasteiger charge is -2.36. The summed E-state index contributed by atoms with van der Waals surface area (Å²) >= 11 is 0. The molecule has 1 amide bonds. The predicted octanol–water partition coefficient (Wildman–Crippen LogP) is 0.420. The van der Waals surface area contributed by atoms with Crippen LogP contribution in [0.25, 0.3) is 0 Å². The van der Waals surface area contributed by atoms with Crippen LogP contribution >= 0.6 is 0 Å². The summed E-state index contributed by atoms with van der Waals surface area (Å²) in [4.78, 5) is 18.5. The van der Waals surface area contributed by atoms with Crippen LogP contribution in [0, 0.1) is 0 Å². The highest BCUT2D eigenvalue weighted by Crippen LogP contribution is 2.14. The van der Waals surface area contributed by atoms with E-state index in [9.17, 15) is 9.90 Å². The molecule has 2 aromatic rings. The van der Waals surface area contributed by atoms with Gasteiger partial charge in [0.1, 0.15) is 0 Å². The highest BCUT2D eigenvalue weighted by atomic mass is 16.3. The summed E-state index contributed by atoms with van der Waals surface area (Å²) in [7, 11) is 0. The Hall–Kier alpha value is -2.25. The van der Waals surface area contributed by atoms with E-state index in [0.29, 0.717) is 19.5 Å². The van der Waals surface area contributed by atoms with Gasteiger partial charge in [-0.05, 0) is 24.6 Å². The molecule has 7 nitrogen and oxygen atoms in total. The third kappa shape index (κ3) is 4.62. The summed E-state index contributed by atoms with van der Waals surface area (Å²) in [6.07, 6.45) is 5.84. The maximum Gasteiger partial charge on any atom is 0.222 e. The number of aryl methyl sites for hydroxylation is 1. The second-order valence-corrected chi connectivity index (χ2v) is 6.11. The average Bonchev–Trinajstić information content (AvgIpc) is 3.10. The summed E-state index contributed by atoms with van der Waals surface area (Å²) in [5.41, 5.74) is 0.992. The fourth-order valence-corrected chi connectivity index (χ4v) is 2.96. The van der Waals surface area contributed by atoms with Crippen LogP contribution in [-0.4, -0.2) is 55.9 Å². The van der Waals surface area contributed by atoms with E-state index in [2.05, 4.69) is 20.3 Å². The zero-order valence-electron chi connectivity index (χ0n) is 13.6. The molecule has 3 rings (SSSR count). The molecule has 0 radical (unpaired) electrons. The lowest BCUT2D eigenvalue weighted by Crippen LogP contribution is -2.53. The first-order valence-electron chi connectivity index (χ1n) is 8.28. The fraction of sp³-hybridized carbons (Fsp3) is 0.471. The molecule has 2 N–H and O–H groups in total. The van der Waals surface area contributed by atoms with E-state index < -0.39 is 6.10 Å². The van der Waals surface area contributed by atoms with Gasteiger partial charge in [-0.2, -0.15) is 5.10 Å². The molecule has 0 unspecified atom stereocenters. The molecule has 0 bridgehead atoms. The highest BCUT2D eigenvalue weighted by molar-refractivity contribution is 5.76. The summed E-state index contributed by atoms with van der Waals surface area (Å²) in [5.74, 6) is -0.0484. The van der Waals surface area contributed by atoms with Crippen molar-refractivity contribution in [1.82, 2.24) is 25.0 Å². The number of β-amino-alcohol motifs (C(OH)–C–C–N with tert-alkyl or cyclic N) is 1. The Morgan fingerprint density at radius 1 is 1.33 bits per heavy atom. The SMILES string of the molecule is O=C(CCn1cccn1)N[C@@H]1CCN(Cc2ccccn2)C[C@H]1O. The van der Waals surface area contributed by atoms with Crippen molar-refractivity contribution >= 4 is 5.91 Å². The smallest absolute Gasteiger partial charge is 0.222 e. The minimum Gasteiger partial charge on any atom is -0.390 e. The van der Waals surface area contributed by atoms with Crippen LogP contribution in [0.2, 0.25) is 0 Å². The minimum absolute atomic E-state index is 0.0484. The topological polar surface area (TPSA) is 83.3 Å². The number of piperidine rings is 1. The highest BCUT2D eigenvalue weighted by Gasteiger charge is 2.28. The van der Waals surface area contributed by atoms with E-state index in [1.54, 1.807) is 17.1 Å². The van der Waals surface area contributed by atoms with E-state index in [4.69, 9.17) is 0 Å². The van der Waals surface area contributed by atoms with Gasteiger partial charge in [0, 0.05) is 51.2 Å². The van der Waals surface area contributed by atoms with Crippen LogP contribution in [0.15, 0.2) is 42.9 Å². The van der Waals surface area contributed by atoms with Crippen LogP contribution in [0.3, 0.4) is 0 Å². The molecule has 1 aliphatic heterocycles. The molecule has 3 heterocycles. The third-order valence-corrected chi connectivity index (χ3v) is 4.25. The molecule has 1 saturated heterocycles. The first-order chi connectivity index (χ1) is 11.7. The molecule has 2 atom stereocenters. The maximum absolute atomic E-state index is 12.0. The number of likely N-dealkylation sites (tertiary alicyclic amines) is 1. The zero-order chi connectivity index (χ0) is 16.8. The van der Waals surface area contributed by atoms with Crippen molar-refractivity contribution in [3.8, 4) is 0 Å². The Kier molecular flexibility index (Phi) is 5.55. The number of nitrogens with zero attached hydrogens (tertiary/aromatic N) is 4. The number of carbonyl (C=O) groups excluding carboxylic acids is 1. The Bertz CT molecular complexity index is 632. The van der Waals surface area contributed by atoms with Crippen LogP contribution < -0.4 is 5.32 Å². The van der Waals surface area contributed by atoms with Gasteiger partial charge in [0.15, 0.2) is 0 Å². The number of carbonyl (C=O) groups is 1. The van der Waals surface area contributed by atoms with Crippen LogP contribution in [0.1, 0.15) is 18.5 Å². The van der Waals surface area contributed by atoms with Crippen molar-refractivity contribution in [2.75, 3.05) is 13.1 Å². The number of hydrogen-bond donors (Lipinski definition) is 2. The third-order valence-electron chi connectivity index (χ3n) is 4.25. The lowest BCUT2D eigenvalue weighted by molar-refractivity contribution is -0.123. The molecule has 0 spiro atoms. The summed E-state index contributed by atoms with van der Waals surface area (Å²) in [5, 5.41) is 17.3. The number of pyridine rings is 1. The molecule has 7 heteroatoms. The van der Waals surface area contributed by atoms with Crippen molar-refractivity contribution in [2.45, 2.75) is 38.1 Å². The van der Waals surface area contributed by atoms with Crippen molar-refractivity contribution < 1.29 is 9.90 Å². The van der Waals surface area contributed by atoms with Crippen LogP contribution in [-0.2, 0) is 17.9 Å². The van der Waals surface area contributed by atoms with E-state index in [1.807, 2.05) is 30.5 Å². The van der Waals surface area contributed by atoms with Gasteiger partial charge in [-0.3, -0.25) is 19.4 Å². The molecule has 1 fully saturated rings. The molecular weight excluding hydrogens is 306 g/mol. The van der Waals surface area contributed by atoms with Crippen LogP contribution in [0.4, 0.5) is 0 Å². The van der Waals surface area contributed by atoms with Crippen molar-refractivity contribution in [3.63, 3.8) is 0 Å². The molecule has 0 aliphatic carbocycles. The van der Waals surface area contributed by atoms with Gasteiger partial charge in [-0.1, -0.05) is 6.07 Å². The second kappa shape index (κ2) is 8.03. The number of nitrogens with one attached hydrogen (secondary N) is 1. The number of hydrogen-bond acceptors (Lipinski definition) is 5. The number of rotatable bonds is 6. The largest absolute Gasteiger partial charge is 0.390 e. The molecule has 2 aromatic heterocycles. The number of aliphatic hydroxyl groups excluding tert-OH is 1. The van der Waals surface area contributed by atoms with Crippen molar-refractivity contribution in [3.05, 3.63) is 48.5 Å². The van der Waals surface area contributed by atoms with E-state index in [-0.39, 0.29) is 11.9 Å². The minimum atomic E-state index is -0.559. The normalized spacial score (nSPS) is 21.5. The average molecular weight is 329 g/mol. The predicted molar refractivity (Wildman–Crippen MR) is 88.9 cm³/mol. The first-order valence-corrected chi connectivity index (χ1v) is 8.28. The van der Waals surface area contributed by atoms with Gasteiger partial charge < -0.3 is 10.4 Å². The Morgan fingerprint density at radius 3 is 2.96 bits per heavy atom. The van der Waals surface area contributed by atoms with E-state index in [0.717, 1.165) is 25.2 Å². The standard InChI is InChI=1S/C17H23N5O2/c23-16-13-21(12-14-4-1-2-7-18-14)10-5-15(16)20-17(24)6-11-22-9-3-8-19-22/h1-4,7-9,15-16,23H,5-6,10-13H2,(H,20,24)/t15-,16-/m1/s1. The van der Waals surface area contributed by atoms with E-state index in [1.165, 1.54) is 0 Å². The van der Waals surface area contributed by atoms with Gasteiger partial charge in [-0.25, -0.2) is 0 Å². The van der Waals surface area contributed by atoms with Crippen molar-refractivity contribution in [1.29, 1.82) is 0 Å². The quantitative estimate of drug-likeness (QED) is 0.802. The molecule has 128 valence electrons. The van der Waals surface area contributed by atoms with Gasteiger partial charge in [0.25, 0.3) is 0 Å². The van der Waals surface area contributed by atoms with Gasteiger partial charge in [0.05, 0.1) is 17.8 Å². The molecule has 24 heavy (non-hydrogen) atoms. The summed E-state index contributed by atoms with van der Waals surface area (Å²) < 4.78 is 1.73. The molecule has 0 aromatic carbocycles. The first kappa shape index (κ1) is 16.6. The Balaban J connectivity index is 1.42. The van der Waals surface area contributed by atoms with Crippen molar-refractivity contribution in [2.24, 2.45) is 0 Å². The maximum atomic E-state index is 12.0. The van der Waals surface area contributed by atoms with E-state index >= 15 is 0 Å². The summed E-state index contributed by atoms with van der Waals surface area (Å²) in [6, 6.07) is 7.48. The van der Waals surface area contributed by atoms with Gasteiger partial charge >= 0.3 is 0 Å². The second-order valence-electron chi connectivity index (χ2n) is 6.11. The number of amides is 1. The van der Waals surface area contributed by atoms with Crippen LogP contribution in [0.5, 0.6) is 0 Å². The number of aliphatic hydroxyl groups is 1. The number of aromatic nitrogens is 3. The molecule has 1 aliphatic rings. The Labute approximate surface area is 141 Å².